The van der Waals surface area contributed by atoms with E-state index in [1.165, 1.54) is 0 Å². The Kier molecular flexibility index (Phi) is 12100. The molecule has 4 nitrogen and oxygen atoms in total. The predicted molar refractivity (Wildman–Crippen MR) is 14.5 cm³/mol. The van der Waals surface area contributed by atoms with E-state index in [1.54, 1.807) is 0 Å². The molecule has 0 amide bonds. The third-order valence-electron chi connectivity index (χ3n) is 0. The molecule has 0 aliphatic carbocycles. The summed E-state index contributed by atoms with van der Waals surface area (Å²) in [6.07, 6.45) is 0. The molecule has 1 radical (unpaired) electrons. The first kappa shape index (κ1) is 348. The molecule has 0 aromatic rings. The molecule has 0 aromatic carbocycles. The Morgan fingerprint density at radius 2 is 0.400 bits per heavy atom. The maximum atomic E-state index is 0. The maximum Gasteiger partial charge on any atom is 0 e. The Morgan fingerprint density at radius 3 is 0.400 bits per heavy atom. The molecule has 0 saturated heterocycles. The van der Waals surface area contributed by atoms with Crippen LogP contribution in [-0.4, -0.2) is 21.9 Å². The summed E-state index contributed by atoms with van der Waals surface area (Å²) in [5, 5.41) is 0. The van der Waals surface area contributed by atoms with Crippen molar-refractivity contribution < 1.29 is 44.3 Å². The van der Waals surface area contributed by atoms with Gasteiger partial charge in [0.15, 0.2) is 0 Å². The van der Waals surface area contributed by atoms with Crippen molar-refractivity contribution in [2.45, 2.75) is 0 Å². The van der Waals surface area contributed by atoms with Gasteiger partial charge in [0.2, 0.25) is 0 Å². The summed E-state index contributed by atoms with van der Waals surface area (Å²) in [7, 11) is 0. The minimum Gasteiger partial charge on any atom is -0.412 e. The van der Waals surface area contributed by atoms with E-state index in [1.807, 2.05) is 0 Å². The number of rotatable bonds is 0. The van der Waals surface area contributed by atoms with Crippen LogP contribution in [-0.2, 0) is 22.4 Å². The van der Waals surface area contributed by atoms with Crippen molar-refractivity contribution in [2.24, 2.45) is 0 Å². The van der Waals surface area contributed by atoms with E-state index in [2.05, 4.69) is 0 Å². The molecule has 0 saturated carbocycles. The van der Waals surface area contributed by atoms with Crippen LogP contribution in [0.1, 0.15) is 0 Å². The molecule has 0 spiro atoms. The van der Waals surface area contributed by atoms with Crippen molar-refractivity contribution in [3.63, 3.8) is 0 Å². The van der Waals surface area contributed by atoms with Crippen molar-refractivity contribution in [3.05, 3.63) is 0 Å². The number of hydrogen-bond acceptors (Lipinski definition) is 0. The molecule has 0 aliphatic heterocycles. The van der Waals surface area contributed by atoms with Gasteiger partial charge in [0, 0.05) is 22.4 Å². The molecule has 37 valence electrons. The summed E-state index contributed by atoms with van der Waals surface area (Å²) < 4.78 is 0. The maximum absolute atomic E-state index is 0. The van der Waals surface area contributed by atoms with Crippen LogP contribution in [0.15, 0.2) is 0 Å². The number of hydrogen-bond donors (Lipinski definition) is 0. The Morgan fingerprint density at radius 1 is 0.400 bits per heavy atom. The van der Waals surface area contributed by atoms with Gasteiger partial charge in [-0.3, -0.25) is 0 Å². The molecular weight excluding hydrogens is 157 g/mol. The quantitative estimate of drug-likeness (QED) is 0.333. The van der Waals surface area contributed by atoms with Gasteiger partial charge in [0.05, 0.1) is 0 Å². The zero-order valence-corrected chi connectivity index (χ0v) is 4.65. The monoisotopic (exact) mass is 165 g/mol. The smallest absolute Gasteiger partial charge is 0 e. The van der Waals surface area contributed by atoms with Gasteiger partial charge >= 0.3 is 0 Å². The zero-order valence-electron chi connectivity index (χ0n) is 2.45. The van der Waals surface area contributed by atoms with E-state index in [-0.39, 0.29) is 44.3 Å². The van der Waals surface area contributed by atoms with Crippen LogP contribution in [0.4, 0.5) is 0 Å². The SMILES string of the molecule is O.O.O.O.[Nb]. The van der Waals surface area contributed by atoms with Crippen LogP contribution >= 0.6 is 0 Å². The van der Waals surface area contributed by atoms with Crippen LogP contribution in [0.25, 0.3) is 0 Å². The van der Waals surface area contributed by atoms with Crippen LogP contribution in [0, 0.1) is 0 Å². The molecule has 0 rings (SSSR count). The second-order valence-corrected chi connectivity index (χ2v) is 0. The third-order valence-corrected chi connectivity index (χ3v) is 0. The van der Waals surface area contributed by atoms with Gasteiger partial charge in [-0.15, -0.1) is 0 Å². The topological polar surface area (TPSA) is 126 Å². The first-order valence-electron chi connectivity index (χ1n) is 0. The molecule has 8 N–H and O–H groups in total. The zero-order chi connectivity index (χ0) is 0. The van der Waals surface area contributed by atoms with Crippen LogP contribution < -0.4 is 0 Å². The second kappa shape index (κ2) is 174. The molecule has 0 aromatic heterocycles. The largest absolute Gasteiger partial charge is 0.412 e. The molecule has 5 heteroatoms. The summed E-state index contributed by atoms with van der Waals surface area (Å²) in [6, 6.07) is 0. The Bertz CT molecular complexity index is 3.61. The summed E-state index contributed by atoms with van der Waals surface area (Å²) in [6.45, 7) is 0. The normalized spacial score (nSPS) is 0. The summed E-state index contributed by atoms with van der Waals surface area (Å²) in [5.74, 6) is 0. The average molecular weight is 165 g/mol. The van der Waals surface area contributed by atoms with Gasteiger partial charge in [-0.1, -0.05) is 0 Å². The minimum absolute atomic E-state index is 0. The third kappa shape index (κ3) is 90.6. The van der Waals surface area contributed by atoms with E-state index in [4.69, 9.17) is 0 Å². The fourth-order valence-electron chi connectivity index (χ4n) is 0. The van der Waals surface area contributed by atoms with Gasteiger partial charge in [-0.2, -0.15) is 0 Å². The fourth-order valence-corrected chi connectivity index (χ4v) is 0. The van der Waals surface area contributed by atoms with Crippen molar-refractivity contribution in [2.75, 3.05) is 0 Å². The Labute approximate surface area is 44.9 Å². The van der Waals surface area contributed by atoms with Gasteiger partial charge in [0.25, 0.3) is 0 Å². The summed E-state index contributed by atoms with van der Waals surface area (Å²) >= 11 is 0. The molecule has 0 aliphatic rings. The minimum atomic E-state index is 0. The molecule has 0 atom stereocenters. The predicted octanol–water partition coefficient (Wildman–Crippen LogP) is -3.30. The average Bonchev–Trinajstić information content (AvgIpc) is 0. The standard InChI is InChI=1S/Nb.4H2O/h;4*1H2. The van der Waals surface area contributed by atoms with Gasteiger partial charge in [-0.05, 0) is 0 Å². The van der Waals surface area contributed by atoms with E-state index in [0.29, 0.717) is 0 Å². The molecule has 0 heterocycles. The van der Waals surface area contributed by atoms with Crippen molar-refractivity contribution in [1.29, 1.82) is 0 Å². The van der Waals surface area contributed by atoms with Gasteiger partial charge in [0.1, 0.15) is 0 Å². The fraction of sp³-hybridized carbons (Fsp3) is 0. The van der Waals surface area contributed by atoms with Crippen LogP contribution in [0.2, 0.25) is 0 Å². The van der Waals surface area contributed by atoms with Gasteiger partial charge < -0.3 is 21.9 Å². The van der Waals surface area contributed by atoms with Crippen molar-refractivity contribution in [1.82, 2.24) is 0 Å². The first-order chi connectivity index (χ1) is 0. The Balaban J connectivity index is 0. The second-order valence-electron chi connectivity index (χ2n) is 0. The van der Waals surface area contributed by atoms with E-state index in [9.17, 15) is 0 Å². The van der Waals surface area contributed by atoms with Crippen LogP contribution in [0.5, 0.6) is 0 Å². The summed E-state index contributed by atoms with van der Waals surface area (Å²) in [4.78, 5) is 0. The van der Waals surface area contributed by atoms with E-state index in [0.717, 1.165) is 0 Å². The van der Waals surface area contributed by atoms with Crippen molar-refractivity contribution >= 4 is 0 Å². The molecular formula is H8NbO4. The molecule has 0 unspecified atom stereocenters. The van der Waals surface area contributed by atoms with E-state index < -0.39 is 0 Å². The molecule has 0 fully saturated rings. The van der Waals surface area contributed by atoms with E-state index >= 15 is 0 Å². The van der Waals surface area contributed by atoms with Gasteiger partial charge in [-0.25, -0.2) is 0 Å². The summed E-state index contributed by atoms with van der Waals surface area (Å²) in [5.41, 5.74) is 0. The molecule has 0 bridgehead atoms. The van der Waals surface area contributed by atoms with Crippen LogP contribution in [0.3, 0.4) is 0 Å². The first-order valence-corrected chi connectivity index (χ1v) is 0. The Hall–Kier alpha value is 0.580. The molecule has 5 heavy (non-hydrogen) atoms. The van der Waals surface area contributed by atoms with Crippen molar-refractivity contribution in [3.8, 4) is 0 Å².